The van der Waals surface area contributed by atoms with Gasteiger partial charge in [0.1, 0.15) is 0 Å². The summed E-state index contributed by atoms with van der Waals surface area (Å²) in [5.74, 6) is 0.333. The van der Waals surface area contributed by atoms with Crippen molar-refractivity contribution in [3.05, 3.63) is 42.8 Å². The Morgan fingerprint density at radius 3 is 2.57 bits per heavy atom. The van der Waals surface area contributed by atoms with Crippen molar-refractivity contribution in [2.45, 2.75) is 12.3 Å². The summed E-state index contributed by atoms with van der Waals surface area (Å²) in [4.78, 5) is 0. The molecule has 0 amide bonds. The Morgan fingerprint density at radius 1 is 1.43 bits per heavy atom. The molecule has 14 heavy (non-hydrogen) atoms. The monoisotopic (exact) mass is 190 g/mol. The predicted molar refractivity (Wildman–Crippen MR) is 59.1 cm³/mol. The molecule has 0 heterocycles. The molecule has 3 heteroatoms. The highest BCUT2D eigenvalue weighted by Crippen LogP contribution is 2.17. The van der Waals surface area contributed by atoms with Crippen LogP contribution in [0.4, 0.5) is 0 Å². The highest BCUT2D eigenvalue weighted by Gasteiger charge is 2.07. The molecule has 1 aromatic carbocycles. The van der Waals surface area contributed by atoms with Gasteiger partial charge in [0.2, 0.25) is 0 Å². The van der Waals surface area contributed by atoms with E-state index in [0.717, 1.165) is 6.42 Å². The summed E-state index contributed by atoms with van der Waals surface area (Å²) in [5.41, 5.74) is 6.46. The van der Waals surface area contributed by atoms with E-state index in [1.807, 2.05) is 18.2 Å². The van der Waals surface area contributed by atoms with Crippen LogP contribution in [0.2, 0.25) is 0 Å². The van der Waals surface area contributed by atoms with Crippen molar-refractivity contribution < 1.29 is 0 Å². The Kier molecular flexibility index (Phi) is 3.98. The molecule has 0 aromatic heterocycles. The van der Waals surface area contributed by atoms with Gasteiger partial charge >= 0.3 is 0 Å². The normalized spacial score (nSPS) is 12.1. The van der Waals surface area contributed by atoms with Gasteiger partial charge < -0.3 is 11.1 Å². The van der Waals surface area contributed by atoms with E-state index in [2.05, 4.69) is 24.4 Å². The molecule has 0 bridgehead atoms. The maximum atomic E-state index is 7.07. The second-order valence-corrected chi connectivity index (χ2v) is 3.19. The molecule has 0 saturated carbocycles. The third-order valence-electron chi connectivity index (χ3n) is 2.16. The SMILES string of the molecule is [CH2]CC(CNC(=N)N)c1ccccc1. The van der Waals surface area contributed by atoms with Crippen LogP contribution in [0.1, 0.15) is 17.9 Å². The summed E-state index contributed by atoms with van der Waals surface area (Å²) < 4.78 is 0. The fraction of sp³-hybridized carbons (Fsp3) is 0.273. The maximum absolute atomic E-state index is 7.07. The minimum absolute atomic E-state index is 0.0133. The highest BCUT2D eigenvalue weighted by atomic mass is 15.0. The van der Waals surface area contributed by atoms with Crippen molar-refractivity contribution in [1.29, 1.82) is 5.41 Å². The molecular formula is C11H16N3. The van der Waals surface area contributed by atoms with Crippen LogP contribution in [0.3, 0.4) is 0 Å². The topological polar surface area (TPSA) is 61.9 Å². The number of nitrogens with two attached hydrogens (primary N) is 1. The largest absolute Gasteiger partial charge is 0.370 e. The zero-order chi connectivity index (χ0) is 10.4. The maximum Gasteiger partial charge on any atom is 0.185 e. The molecule has 0 saturated heterocycles. The van der Waals surface area contributed by atoms with Crippen molar-refractivity contribution in [2.24, 2.45) is 5.73 Å². The van der Waals surface area contributed by atoms with E-state index in [4.69, 9.17) is 11.1 Å². The van der Waals surface area contributed by atoms with Crippen LogP contribution in [0.15, 0.2) is 30.3 Å². The fourth-order valence-corrected chi connectivity index (χ4v) is 1.34. The summed E-state index contributed by atoms with van der Waals surface area (Å²) >= 11 is 0. The first-order chi connectivity index (χ1) is 6.74. The molecule has 0 fully saturated rings. The van der Waals surface area contributed by atoms with E-state index in [9.17, 15) is 0 Å². The van der Waals surface area contributed by atoms with Gasteiger partial charge in [0.15, 0.2) is 5.96 Å². The minimum atomic E-state index is 0.0133. The smallest absolute Gasteiger partial charge is 0.185 e. The Morgan fingerprint density at radius 2 is 2.07 bits per heavy atom. The Bertz CT molecular complexity index is 282. The van der Waals surface area contributed by atoms with Crippen molar-refractivity contribution in [1.82, 2.24) is 5.32 Å². The zero-order valence-electron chi connectivity index (χ0n) is 8.16. The molecule has 1 aromatic rings. The Labute approximate surface area is 84.8 Å². The van der Waals surface area contributed by atoms with E-state index in [1.165, 1.54) is 5.56 Å². The molecule has 1 radical (unpaired) electrons. The number of hydrogen-bond donors (Lipinski definition) is 3. The minimum Gasteiger partial charge on any atom is -0.370 e. The average molecular weight is 190 g/mol. The van der Waals surface area contributed by atoms with Crippen LogP contribution in [0, 0.1) is 12.3 Å². The van der Waals surface area contributed by atoms with E-state index < -0.39 is 0 Å². The number of nitrogens with one attached hydrogen (secondary N) is 2. The Balaban J connectivity index is 2.58. The van der Waals surface area contributed by atoms with E-state index in [0.29, 0.717) is 12.5 Å². The van der Waals surface area contributed by atoms with Crippen LogP contribution in [-0.4, -0.2) is 12.5 Å². The quantitative estimate of drug-likeness (QED) is 0.497. The predicted octanol–water partition coefficient (Wildman–Crippen LogP) is 1.48. The number of guanidine groups is 1. The summed E-state index contributed by atoms with van der Waals surface area (Å²) in [6.07, 6.45) is 0.796. The molecule has 0 aliphatic rings. The first-order valence-corrected chi connectivity index (χ1v) is 4.66. The molecule has 1 atom stereocenters. The third kappa shape index (κ3) is 3.09. The van der Waals surface area contributed by atoms with Gasteiger partial charge in [0, 0.05) is 12.5 Å². The third-order valence-corrected chi connectivity index (χ3v) is 2.16. The van der Waals surface area contributed by atoms with E-state index in [-0.39, 0.29) is 5.96 Å². The average Bonchev–Trinajstić information content (AvgIpc) is 2.20. The molecular weight excluding hydrogens is 174 g/mol. The molecule has 1 unspecified atom stereocenters. The number of benzene rings is 1. The lowest BCUT2D eigenvalue weighted by atomic mass is 9.97. The van der Waals surface area contributed by atoms with Crippen LogP contribution < -0.4 is 11.1 Å². The van der Waals surface area contributed by atoms with Crippen molar-refractivity contribution in [3.8, 4) is 0 Å². The number of hydrogen-bond acceptors (Lipinski definition) is 1. The second-order valence-electron chi connectivity index (χ2n) is 3.19. The van der Waals surface area contributed by atoms with Crippen LogP contribution >= 0.6 is 0 Å². The molecule has 4 N–H and O–H groups in total. The van der Waals surface area contributed by atoms with Crippen molar-refractivity contribution in [3.63, 3.8) is 0 Å². The van der Waals surface area contributed by atoms with Crippen LogP contribution in [0.5, 0.6) is 0 Å². The van der Waals surface area contributed by atoms with Gasteiger partial charge in [-0.3, -0.25) is 5.41 Å². The molecule has 0 spiro atoms. The van der Waals surface area contributed by atoms with Gasteiger partial charge in [-0.1, -0.05) is 37.3 Å². The Hall–Kier alpha value is -1.51. The van der Waals surface area contributed by atoms with E-state index in [1.54, 1.807) is 0 Å². The van der Waals surface area contributed by atoms with Crippen molar-refractivity contribution in [2.75, 3.05) is 6.54 Å². The van der Waals surface area contributed by atoms with Gasteiger partial charge in [-0.05, 0) is 12.0 Å². The van der Waals surface area contributed by atoms with Gasteiger partial charge in [-0.25, -0.2) is 0 Å². The molecule has 3 nitrogen and oxygen atoms in total. The second kappa shape index (κ2) is 5.27. The van der Waals surface area contributed by atoms with Gasteiger partial charge in [-0.15, -0.1) is 0 Å². The summed E-state index contributed by atoms with van der Waals surface area (Å²) in [5, 5.41) is 9.89. The molecule has 0 aliphatic carbocycles. The van der Waals surface area contributed by atoms with Gasteiger partial charge in [0.05, 0.1) is 0 Å². The lowest BCUT2D eigenvalue weighted by molar-refractivity contribution is 0.664. The van der Waals surface area contributed by atoms with Crippen LogP contribution in [-0.2, 0) is 0 Å². The van der Waals surface area contributed by atoms with Gasteiger partial charge in [0.25, 0.3) is 0 Å². The first kappa shape index (κ1) is 10.6. The molecule has 0 aliphatic heterocycles. The summed E-state index contributed by atoms with van der Waals surface area (Å²) in [7, 11) is 0. The summed E-state index contributed by atoms with van der Waals surface area (Å²) in [6.45, 7) is 4.56. The summed E-state index contributed by atoms with van der Waals surface area (Å²) in [6, 6.07) is 10.1. The number of rotatable bonds is 4. The molecule has 75 valence electrons. The van der Waals surface area contributed by atoms with Gasteiger partial charge in [-0.2, -0.15) is 0 Å². The van der Waals surface area contributed by atoms with E-state index >= 15 is 0 Å². The lowest BCUT2D eigenvalue weighted by Gasteiger charge is -2.15. The lowest BCUT2D eigenvalue weighted by Crippen LogP contribution is -2.33. The molecule has 1 rings (SSSR count). The first-order valence-electron chi connectivity index (χ1n) is 4.66. The fourth-order valence-electron chi connectivity index (χ4n) is 1.34. The van der Waals surface area contributed by atoms with Crippen molar-refractivity contribution >= 4 is 5.96 Å². The van der Waals surface area contributed by atoms with Crippen LogP contribution in [0.25, 0.3) is 0 Å². The zero-order valence-corrected chi connectivity index (χ0v) is 8.16. The highest BCUT2D eigenvalue weighted by molar-refractivity contribution is 5.74. The standard InChI is InChI=1S/C11H16N3/c1-2-9(8-14-11(12)13)10-6-4-3-5-7-10/h3-7,9H,1-2,8H2,(H4,12,13,14).